The second-order valence-electron chi connectivity index (χ2n) is 9.16. The molecule has 8 heteroatoms. The number of benzene rings is 3. The molecule has 2 atom stereocenters. The van der Waals surface area contributed by atoms with E-state index in [9.17, 15) is 9.59 Å². The number of nitrogens with zero attached hydrogens (tertiary/aromatic N) is 2. The summed E-state index contributed by atoms with van der Waals surface area (Å²) in [5.41, 5.74) is 3.58. The van der Waals surface area contributed by atoms with Gasteiger partial charge in [-0.05, 0) is 68.1 Å². The van der Waals surface area contributed by atoms with Crippen molar-refractivity contribution in [1.82, 2.24) is 20.2 Å². The molecule has 0 aliphatic carbocycles. The Morgan fingerprint density at radius 1 is 1.11 bits per heavy atom. The fraction of sp³-hybridized carbons (Fsp3) is 0.250. The van der Waals surface area contributed by atoms with E-state index in [0.717, 1.165) is 30.3 Å². The maximum absolute atomic E-state index is 13.3. The third-order valence-electron chi connectivity index (χ3n) is 6.63. The van der Waals surface area contributed by atoms with E-state index < -0.39 is 0 Å². The minimum Gasteiger partial charge on any atom is -0.342 e. The standard InChI is InChI=1S/C28H26Cl2N4O2/c1-17(26-32-24-12-10-20(29)16-25(24)33-26)31-27(35)19-9-11-22(23(30)15-19)28(36)34-13-5-8-21(34)14-18-6-3-2-4-7-18/h2-4,6-7,9-12,15-17,21H,5,8,13-14H2,1H3,(H,31,35)(H,32,33). The van der Waals surface area contributed by atoms with Gasteiger partial charge in [0, 0.05) is 23.2 Å². The summed E-state index contributed by atoms with van der Waals surface area (Å²) in [4.78, 5) is 35.9. The van der Waals surface area contributed by atoms with Crippen molar-refractivity contribution in [3.63, 3.8) is 0 Å². The van der Waals surface area contributed by atoms with Gasteiger partial charge in [0.05, 0.1) is 27.7 Å². The molecule has 36 heavy (non-hydrogen) atoms. The Morgan fingerprint density at radius 3 is 2.69 bits per heavy atom. The number of aromatic amines is 1. The first-order valence-electron chi connectivity index (χ1n) is 12.0. The number of aromatic nitrogens is 2. The van der Waals surface area contributed by atoms with Crippen molar-refractivity contribution in [2.45, 2.75) is 38.3 Å². The Labute approximate surface area is 219 Å². The smallest absolute Gasteiger partial charge is 0.255 e. The van der Waals surface area contributed by atoms with Gasteiger partial charge in [-0.2, -0.15) is 0 Å². The molecule has 1 aliphatic rings. The molecule has 184 valence electrons. The summed E-state index contributed by atoms with van der Waals surface area (Å²) >= 11 is 12.6. The second-order valence-corrected chi connectivity index (χ2v) is 10.0. The first-order valence-corrected chi connectivity index (χ1v) is 12.7. The van der Waals surface area contributed by atoms with E-state index in [1.807, 2.05) is 36.1 Å². The van der Waals surface area contributed by atoms with Crippen LogP contribution >= 0.6 is 23.2 Å². The van der Waals surface area contributed by atoms with Gasteiger partial charge in [0.25, 0.3) is 11.8 Å². The Balaban J connectivity index is 1.27. The molecule has 5 rings (SSSR count). The third-order valence-corrected chi connectivity index (χ3v) is 7.18. The zero-order valence-electron chi connectivity index (χ0n) is 19.8. The first-order chi connectivity index (χ1) is 17.4. The summed E-state index contributed by atoms with van der Waals surface area (Å²) in [6, 6.07) is 20.2. The molecule has 2 unspecified atom stereocenters. The lowest BCUT2D eigenvalue weighted by Crippen LogP contribution is -2.37. The highest BCUT2D eigenvalue weighted by molar-refractivity contribution is 6.34. The average Bonchev–Trinajstić information content (AvgIpc) is 3.51. The molecule has 3 aromatic carbocycles. The fourth-order valence-electron chi connectivity index (χ4n) is 4.74. The summed E-state index contributed by atoms with van der Waals surface area (Å²) in [5.74, 6) is 0.224. The minimum absolute atomic E-state index is 0.0975. The van der Waals surface area contributed by atoms with Crippen LogP contribution in [0.1, 0.15) is 57.9 Å². The summed E-state index contributed by atoms with van der Waals surface area (Å²) in [6.45, 7) is 2.55. The molecule has 1 saturated heterocycles. The van der Waals surface area contributed by atoms with Gasteiger partial charge in [-0.1, -0.05) is 53.5 Å². The molecular formula is C28H26Cl2N4O2. The quantitative estimate of drug-likeness (QED) is 0.317. The van der Waals surface area contributed by atoms with Crippen LogP contribution < -0.4 is 5.32 Å². The van der Waals surface area contributed by atoms with Crippen molar-refractivity contribution in [2.24, 2.45) is 0 Å². The molecule has 6 nitrogen and oxygen atoms in total. The van der Waals surface area contributed by atoms with Crippen LogP contribution in [0.25, 0.3) is 11.0 Å². The summed E-state index contributed by atoms with van der Waals surface area (Å²) in [5, 5.41) is 3.81. The topological polar surface area (TPSA) is 78.1 Å². The van der Waals surface area contributed by atoms with Gasteiger partial charge >= 0.3 is 0 Å². The number of amides is 2. The Morgan fingerprint density at radius 2 is 1.92 bits per heavy atom. The molecule has 4 aromatic rings. The Kier molecular flexibility index (Phi) is 6.99. The molecule has 0 spiro atoms. The lowest BCUT2D eigenvalue weighted by atomic mass is 10.0. The molecule has 0 saturated carbocycles. The molecule has 0 bridgehead atoms. The van der Waals surface area contributed by atoms with E-state index >= 15 is 0 Å². The number of H-pyrrole nitrogens is 1. The van der Waals surface area contributed by atoms with Crippen LogP contribution in [0.15, 0.2) is 66.7 Å². The maximum atomic E-state index is 13.3. The highest BCUT2D eigenvalue weighted by atomic mass is 35.5. The van der Waals surface area contributed by atoms with Crippen molar-refractivity contribution in [3.8, 4) is 0 Å². The third kappa shape index (κ3) is 5.11. The number of imidazole rings is 1. The minimum atomic E-state index is -0.368. The highest BCUT2D eigenvalue weighted by Gasteiger charge is 2.30. The van der Waals surface area contributed by atoms with Crippen LogP contribution in [0.5, 0.6) is 0 Å². The van der Waals surface area contributed by atoms with Gasteiger partial charge in [-0.15, -0.1) is 0 Å². The van der Waals surface area contributed by atoms with Gasteiger partial charge in [0.15, 0.2) is 0 Å². The molecule has 2 heterocycles. The number of likely N-dealkylation sites (tertiary alicyclic amines) is 1. The second kappa shape index (κ2) is 10.3. The van der Waals surface area contributed by atoms with Gasteiger partial charge in [-0.3, -0.25) is 9.59 Å². The normalized spacial score (nSPS) is 16.3. The predicted octanol–water partition coefficient (Wildman–Crippen LogP) is 6.21. The molecule has 1 aliphatic heterocycles. The van der Waals surface area contributed by atoms with Crippen LogP contribution in [0, 0.1) is 0 Å². The molecule has 1 fully saturated rings. The van der Waals surface area contributed by atoms with Crippen LogP contribution in [0.3, 0.4) is 0 Å². The number of hydrogen-bond acceptors (Lipinski definition) is 3. The van der Waals surface area contributed by atoms with Crippen LogP contribution in [-0.4, -0.2) is 39.3 Å². The number of carbonyl (C=O) groups is 2. The number of carbonyl (C=O) groups excluding carboxylic acids is 2. The number of hydrogen-bond donors (Lipinski definition) is 2. The number of fused-ring (bicyclic) bond motifs is 1. The zero-order valence-corrected chi connectivity index (χ0v) is 21.3. The van der Waals surface area contributed by atoms with Crippen molar-refractivity contribution in [2.75, 3.05) is 6.54 Å². The fourth-order valence-corrected chi connectivity index (χ4v) is 5.17. The van der Waals surface area contributed by atoms with Crippen molar-refractivity contribution < 1.29 is 9.59 Å². The summed E-state index contributed by atoms with van der Waals surface area (Å²) in [6.07, 6.45) is 2.74. The van der Waals surface area contributed by atoms with E-state index in [2.05, 4.69) is 27.4 Å². The number of halogens is 2. The molecule has 2 amide bonds. The number of rotatable bonds is 6. The monoisotopic (exact) mass is 520 g/mol. The first kappa shape index (κ1) is 24.3. The van der Waals surface area contributed by atoms with Crippen molar-refractivity contribution in [1.29, 1.82) is 0 Å². The summed E-state index contributed by atoms with van der Waals surface area (Å²) in [7, 11) is 0. The van der Waals surface area contributed by atoms with E-state index in [1.54, 1.807) is 30.3 Å². The van der Waals surface area contributed by atoms with Crippen LogP contribution in [-0.2, 0) is 6.42 Å². The van der Waals surface area contributed by atoms with Crippen molar-refractivity contribution >= 4 is 46.0 Å². The number of nitrogens with one attached hydrogen (secondary N) is 2. The van der Waals surface area contributed by atoms with E-state index in [0.29, 0.717) is 28.5 Å². The van der Waals surface area contributed by atoms with Crippen LogP contribution in [0.2, 0.25) is 10.0 Å². The molecular weight excluding hydrogens is 495 g/mol. The highest BCUT2D eigenvalue weighted by Crippen LogP contribution is 2.27. The van der Waals surface area contributed by atoms with Gasteiger partial charge in [0.1, 0.15) is 5.82 Å². The van der Waals surface area contributed by atoms with Gasteiger partial charge in [0.2, 0.25) is 0 Å². The SMILES string of the molecule is CC(NC(=O)c1ccc(C(=O)N2CCCC2Cc2ccccc2)c(Cl)c1)c1nc2ccc(Cl)cc2[nH]1. The predicted molar refractivity (Wildman–Crippen MR) is 143 cm³/mol. The zero-order chi connectivity index (χ0) is 25.2. The maximum Gasteiger partial charge on any atom is 0.255 e. The lowest BCUT2D eigenvalue weighted by Gasteiger charge is -2.25. The largest absolute Gasteiger partial charge is 0.342 e. The van der Waals surface area contributed by atoms with E-state index in [4.69, 9.17) is 23.2 Å². The van der Waals surface area contributed by atoms with E-state index in [-0.39, 0.29) is 28.9 Å². The average molecular weight is 521 g/mol. The Bertz CT molecular complexity index is 1420. The molecule has 1 aromatic heterocycles. The van der Waals surface area contributed by atoms with Gasteiger partial charge in [-0.25, -0.2) is 4.98 Å². The molecule has 0 radical (unpaired) electrons. The lowest BCUT2D eigenvalue weighted by molar-refractivity contribution is 0.0736. The van der Waals surface area contributed by atoms with Gasteiger partial charge < -0.3 is 15.2 Å². The van der Waals surface area contributed by atoms with E-state index in [1.165, 1.54) is 5.56 Å². The molecule has 2 N–H and O–H groups in total. The Hall–Kier alpha value is -3.35. The van der Waals surface area contributed by atoms with Crippen LogP contribution in [0.4, 0.5) is 0 Å². The van der Waals surface area contributed by atoms with Crippen molar-refractivity contribution in [3.05, 3.63) is 99.3 Å². The summed E-state index contributed by atoms with van der Waals surface area (Å²) < 4.78 is 0.